The highest BCUT2D eigenvalue weighted by Crippen LogP contribution is 2.38. The first kappa shape index (κ1) is 19.8. The Morgan fingerprint density at radius 1 is 1.21 bits per heavy atom. The van der Waals surface area contributed by atoms with Crippen molar-refractivity contribution in [1.29, 1.82) is 0 Å². The van der Waals surface area contributed by atoms with Crippen molar-refractivity contribution in [3.8, 4) is 5.88 Å². The van der Waals surface area contributed by atoms with Crippen LogP contribution in [0.5, 0.6) is 5.88 Å². The van der Waals surface area contributed by atoms with Crippen molar-refractivity contribution in [2.45, 2.75) is 13.3 Å². The van der Waals surface area contributed by atoms with E-state index in [9.17, 15) is 14.7 Å². The Hall–Kier alpha value is -3.00. The molecular formula is C20H19BrN4O3. The molecule has 1 heterocycles. The molecule has 144 valence electrons. The van der Waals surface area contributed by atoms with E-state index in [1.54, 1.807) is 29.8 Å². The summed E-state index contributed by atoms with van der Waals surface area (Å²) in [6.07, 6.45) is 0.00421. The summed E-state index contributed by atoms with van der Waals surface area (Å²) in [7, 11) is 1.71. The predicted molar refractivity (Wildman–Crippen MR) is 110 cm³/mol. The minimum atomic E-state index is -0.489. The van der Waals surface area contributed by atoms with Crippen LogP contribution in [0.25, 0.3) is 10.9 Å². The number of carbonyl (C=O) groups is 2. The van der Waals surface area contributed by atoms with Crippen LogP contribution in [0.4, 0.5) is 5.69 Å². The number of nitrogens with one attached hydrogen (secondary N) is 1. The predicted octanol–water partition coefficient (Wildman–Crippen LogP) is 4.39. The van der Waals surface area contributed by atoms with E-state index in [1.807, 2.05) is 31.2 Å². The van der Waals surface area contributed by atoms with Gasteiger partial charge >= 0.3 is 0 Å². The minimum Gasteiger partial charge on any atom is -0.493 e. The van der Waals surface area contributed by atoms with Crippen LogP contribution in [0.1, 0.15) is 22.3 Å². The van der Waals surface area contributed by atoms with Gasteiger partial charge in [0.1, 0.15) is 0 Å². The maximum atomic E-state index is 12.1. The monoisotopic (exact) mass is 442 g/mol. The fraction of sp³-hybridized carbons (Fsp3) is 0.200. The van der Waals surface area contributed by atoms with E-state index in [0.717, 1.165) is 16.5 Å². The number of carbonyl (C=O) groups excluding carboxylic acids is 2. The Kier molecular flexibility index (Phi) is 5.89. The molecule has 0 radical (unpaired) electrons. The molecule has 2 aromatic carbocycles. The Bertz CT molecular complexity index is 1090. The Morgan fingerprint density at radius 3 is 2.71 bits per heavy atom. The number of fused-ring (bicyclic) bond motifs is 1. The van der Waals surface area contributed by atoms with Gasteiger partial charge in [-0.15, -0.1) is 10.2 Å². The van der Waals surface area contributed by atoms with E-state index in [-0.39, 0.29) is 30.4 Å². The van der Waals surface area contributed by atoms with Crippen LogP contribution >= 0.6 is 15.9 Å². The highest BCUT2D eigenvalue weighted by atomic mass is 79.9. The molecule has 7 nitrogen and oxygen atoms in total. The molecule has 0 atom stereocenters. The van der Waals surface area contributed by atoms with E-state index in [0.29, 0.717) is 10.0 Å². The van der Waals surface area contributed by atoms with Crippen molar-refractivity contribution in [2.75, 3.05) is 6.54 Å². The van der Waals surface area contributed by atoms with Crippen molar-refractivity contribution in [3.63, 3.8) is 0 Å². The summed E-state index contributed by atoms with van der Waals surface area (Å²) in [5.74, 6) is -0.824. The van der Waals surface area contributed by atoms with Gasteiger partial charge in [-0.25, -0.2) is 0 Å². The molecular weight excluding hydrogens is 424 g/mol. The number of hydrogen-bond acceptors (Lipinski definition) is 4. The average molecular weight is 443 g/mol. The van der Waals surface area contributed by atoms with Gasteiger partial charge in [-0.3, -0.25) is 9.59 Å². The van der Waals surface area contributed by atoms with Crippen LogP contribution in [0.2, 0.25) is 0 Å². The van der Waals surface area contributed by atoms with Gasteiger partial charge in [0.25, 0.3) is 11.8 Å². The number of hydrogen-bond donors (Lipinski definition) is 2. The first-order valence-electron chi connectivity index (χ1n) is 8.63. The van der Waals surface area contributed by atoms with Gasteiger partial charge < -0.3 is 15.0 Å². The summed E-state index contributed by atoms with van der Waals surface area (Å²) < 4.78 is 2.27. The average Bonchev–Trinajstić information content (AvgIpc) is 2.90. The number of nitrogens with zero attached hydrogens (tertiary/aromatic N) is 3. The third-order valence-electron chi connectivity index (χ3n) is 4.30. The summed E-state index contributed by atoms with van der Waals surface area (Å²) in [4.78, 5) is 24.1. The molecule has 0 spiro atoms. The largest absolute Gasteiger partial charge is 0.493 e. The highest BCUT2D eigenvalue weighted by Gasteiger charge is 2.15. The second-order valence-corrected chi connectivity index (χ2v) is 7.19. The molecule has 0 saturated heterocycles. The highest BCUT2D eigenvalue weighted by molar-refractivity contribution is 9.10. The molecule has 28 heavy (non-hydrogen) atoms. The normalized spacial score (nSPS) is 11.2. The standard InChI is InChI=1S/C20H19BrN4O3/c1-12-7-8-16-14(11-12)18(20(28)25(16)2)24-23-17(26)9-10-22-19(27)13-5-3-4-6-15(13)21/h3-8,11,28H,9-10H2,1-2H3,(H,22,27). The van der Waals surface area contributed by atoms with Crippen molar-refractivity contribution in [1.82, 2.24) is 9.88 Å². The minimum absolute atomic E-state index is 0.00421. The fourth-order valence-electron chi connectivity index (χ4n) is 2.80. The summed E-state index contributed by atoms with van der Waals surface area (Å²) in [6.45, 7) is 2.07. The van der Waals surface area contributed by atoms with Crippen LogP contribution in [-0.2, 0) is 11.8 Å². The Labute approximate surface area is 170 Å². The molecule has 0 aliphatic carbocycles. The smallest absolute Gasteiger partial charge is 0.266 e. The molecule has 0 aliphatic heterocycles. The number of rotatable bonds is 5. The summed E-state index contributed by atoms with van der Waals surface area (Å²) >= 11 is 3.32. The van der Waals surface area contributed by atoms with Gasteiger partial charge in [-0.2, -0.15) is 0 Å². The SMILES string of the molecule is Cc1ccc2c(c1)c(N=NC(=O)CCNC(=O)c1ccccc1Br)c(O)n2C. The fourth-order valence-corrected chi connectivity index (χ4v) is 3.27. The van der Waals surface area contributed by atoms with Gasteiger partial charge in [-0.1, -0.05) is 23.8 Å². The maximum absolute atomic E-state index is 12.1. The number of benzene rings is 2. The molecule has 3 aromatic rings. The van der Waals surface area contributed by atoms with E-state index in [4.69, 9.17) is 0 Å². The van der Waals surface area contributed by atoms with Crippen molar-refractivity contribution < 1.29 is 14.7 Å². The Balaban J connectivity index is 1.64. The zero-order valence-electron chi connectivity index (χ0n) is 15.4. The zero-order valence-corrected chi connectivity index (χ0v) is 17.0. The molecule has 0 unspecified atom stereocenters. The number of aromatic hydroxyl groups is 1. The van der Waals surface area contributed by atoms with E-state index in [2.05, 4.69) is 31.5 Å². The number of halogens is 1. The van der Waals surface area contributed by atoms with E-state index >= 15 is 0 Å². The van der Waals surface area contributed by atoms with Crippen molar-refractivity contribution in [2.24, 2.45) is 17.3 Å². The summed E-state index contributed by atoms with van der Waals surface area (Å²) in [5, 5.41) is 21.3. The lowest BCUT2D eigenvalue weighted by molar-refractivity contribution is -0.118. The van der Waals surface area contributed by atoms with Crippen LogP contribution < -0.4 is 5.32 Å². The Morgan fingerprint density at radius 2 is 1.96 bits per heavy atom. The molecule has 0 bridgehead atoms. The zero-order chi connectivity index (χ0) is 20.3. The van der Waals surface area contributed by atoms with Crippen LogP contribution in [0.3, 0.4) is 0 Å². The molecule has 2 amide bonds. The van der Waals surface area contributed by atoms with E-state index < -0.39 is 5.91 Å². The molecule has 0 aliphatic rings. The van der Waals surface area contributed by atoms with Crippen molar-refractivity contribution >= 4 is 44.3 Å². The van der Waals surface area contributed by atoms with Gasteiger partial charge in [0, 0.05) is 29.9 Å². The molecule has 3 rings (SSSR count). The lowest BCUT2D eigenvalue weighted by Crippen LogP contribution is -2.26. The second kappa shape index (κ2) is 8.35. The molecule has 0 saturated carbocycles. The molecule has 0 fully saturated rings. The quantitative estimate of drug-likeness (QED) is 0.573. The molecule has 2 N–H and O–H groups in total. The second-order valence-electron chi connectivity index (χ2n) is 6.33. The molecule has 1 aromatic heterocycles. The first-order chi connectivity index (χ1) is 13.4. The number of amides is 2. The topological polar surface area (TPSA) is 96.1 Å². The number of azo groups is 1. The van der Waals surface area contributed by atoms with Gasteiger partial charge in [0.2, 0.25) is 5.88 Å². The summed E-state index contributed by atoms with van der Waals surface area (Å²) in [6, 6.07) is 12.7. The van der Waals surface area contributed by atoms with Crippen molar-refractivity contribution in [3.05, 3.63) is 58.1 Å². The third-order valence-corrected chi connectivity index (χ3v) is 4.99. The lowest BCUT2D eigenvalue weighted by atomic mass is 10.1. The van der Waals surface area contributed by atoms with Crippen LogP contribution in [0.15, 0.2) is 57.2 Å². The summed E-state index contributed by atoms with van der Waals surface area (Å²) in [5.41, 5.74) is 2.56. The number of aryl methyl sites for hydroxylation is 2. The van der Waals surface area contributed by atoms with E-state index in [1.165, 1.54) is 0 Å². The number of aromatic nitrogens is 1. The molecule has 8 heteroatoms. The van der Waals surface area contributed by atoms with Crippen LogP contribution in [-0.4, -0.2) is 28.0 Å². The van der Waals surface area contributed by atoms with Gasteiger partial charge in [0.15, 0.2) is 5.69 Å². The van der Waals surface area contributed by atoms with Crippen LogP contribution in [0, 0.1) is 6.92 Å². The maximum Gasteiger partial charge on any atom is 0.266 e. The lowest BCUT2D eigenvalue weighted by Gasteiger charge is -2.05. The van der Waals surface area contributed by atoms with Gasteiger partial charge in [-0.05, 0) is 47.1 Å². The first-order valence-corrected chi connectivity index (χ1v) is 9.43. The van der Waals surface area contributed by atoms with Gasteiger partial charge in [0.05, 0.1) is 11.1 Å². The third kappa shape index (κ3) is 4.12.